The molecule has 2 unspecified atom stereocenters. The summed E-state index contributed by atoms with van der Waals surface area (Å²) in [6.07, 6.45) is 1.55. The minimum absolute atomic E-state index is 0.889. The molecule has 0 aromatic carbocycles. The van der Waals surface area contributed by atoms with Crippen molar-refractivity contribution in [1.82, 2.24) is 5.32 Å². The molecule has 7 heavy (non-hydrogen) atoms. The predicted molar refractivity (Wildman–Crippen MR) is 32.2 cm³/mol. The van der Waals surface area contributed by atoms with Gasteiger partial charge in [0.05, 0.1) is 0 Å². The van der Waals surface area contributed by atoms with E-state index in [4.69, 9.17) is 0 Å². The van der Waals surface area contributed by atoms with Gasteiger partial charge in [0, 0.05) is 0 Å². The van der Waals surface area contributed by atoms with Crippen LogP contribution in [0.3, 0.4) is 0 Å². The summed E-state index contributed by atoms with van der Waals surface area (Å²) in [5, 5.41) is 3.40. The summed E-state index contributed by atoms with van der Waals surface area (Å²) < 4.78 is 0.889. The molecule has 2 rings (SSSR count). The van der Waals surface area contributed by atoms with E-state index in [1.54, 1.807) is 6.42 Å². The smallest absolute Gasteiger partial charge is 0.223 e. The van der Waals surface area contributed by atoms with Crippen LogP contribution in [0.2, 0.25) is 4.28 Å². The SMILES string of the molecule is [AlH2][C]12CNCC1C2. The number of hydrogen-bond acceptors (Lipinski definition) is 1. The van der Waals surface area contributed by atoms with E-state index in [9.17, 15) is 0 Å². The lowest BCUT2D eigenvalue weighted by Crippen LogP contribution is -2.12. The molecule has 2 fully saturated rings. The Labute approximate surface area is 51.9 Å². The van der Waals surface area contributed by atoms with Gasteiger partial charge in [-0.3, -0.25) is 0 Å². The molecule has 1 nitrogen and oxygen atoms in total. The van der Waals surface area contributed by atoms with Gasteiger partial charge in [0.15, 0.2) is 0 Å². The molecule has 1 saturated heterocycles. The van der Waals surface area contributed by atoms with Gasteiger partial charge in [-0.25, -0.2) is 0 Å². The highest BCUT2D eigenvalue weighted by atomic mass is 27.0. The van der Waals surface area contributed by atoms with Crippen molar-refractivity contribution in [2.45, 2.75) is 10.7 Å². The summed E-state index contributed by atoms with van der Waals surface area (Å²) in [5.41, 5.74) is 0. The van der Waals surface area contributed by atoms with E-state index in [1.165, 1.54) is 29.4 Å². The quantitative estimate of drug-likeness (QED) is 0.412. The Morgan fingerprint density at radius 1 is 1.71 bits per heavy atom. The van der Waals surface area contributed by atoms with Gasteiger partial charge >= 0.3 is 0 Å². The van der Waals surface area contributed by atoms with Gasteiger partial charge in [0.1, 0.15) is 0 Å². The molecule has 1 saturated carbocycles. The highest BCUT2D eigenvalue weighted by Crippen LogP contribution is 2.58. The molecule has 1 aliphatic heterocycles. The second kappa shape index (κ2) is 1.08. The molecule has 0 radical (unpaired) electrons. The minimum atomic E-state index is 0.889. The first kappa shape index (κ1) is 4.38. The number of fused-ring (bicyclic) bond motifs is 1. The summed E-state index contributed by atoms with van der Waals surface area (Å²) >= 11 is 1.42. The fraction of sp³-hybridized carbons (Fsp3) is 1.00. The number of piperidine rings is 1. The van der Waals surface area contributed by atoms with Gasteiger partial charge in [-0.2, -0.15) is 0 Å². The molecule has 0 amide bonds. The highest BCUT2D eigenvalue weighted by molar-refractivity contribution is 6.18. The number of nitrogens with one attached hydrogen (secondary N) is 1. The molecule has 1 N–H and O–H groups in total. The average Bonchev–Trinajstić information content (AvgIpc) is 2.09. The molecule has 38 valence electrons. The lowest BCUT2D eigenvalue weighted by molar-refractivity contribution is 0.736. The first-order valence-electron chi connectivity index (χ1n) is 3.02. The van der Waals surface area contributed by atoms with Crippen LogP contribution in [0, 0.1) is 5.92 Å². The monoisotopic (exact) mass is 111 g/mol. The Kier molecular flexibility index (Phi) is 0.673. The van der Waals surface area contributed by atoms with E-state index < -0.39 is 0 Å². The van der Waals surface area contributed by atoms with Gasteiger partial charge in [0.2, 0.25) is 16.3 Å². The van der Waals surface area contributed by atoms with Crippen LogP contribution in [0.25, 0.3) is 0 Å². The number of hydrogen-bond donors (Lipinski definition) is 1. The second-order valence-corrected chi connectivity index (χ2v) is 5.18. The molecule has 1 aliphatic carbocycles. The zero-order valence-corrected chi connectivity index (χ0v) is 6.70. The fourth-order valence-corrected chi connectivity index (χ4v) is 2.52. The summed E-state index contributed by atoms with van der Waals surface area (Å²) in [4.78, 5) is 0. The molecule has 0 spiro atoms. The Hall–Kier alpha value is 0.492. The zero-order valence-electron chi connectivity index (χ0n) is 4.70. The van der Waals surface area contributed by atoms with Gasteiger partial charge in [-0.05, 0) is 19.0 Å². The largest absolute Gasteiger partial charge is 0.317 e. The maximum atomic E-state index is 3.40. The van der Waals surface area contributed by atoms with Crippen molar-refractivity contribution in [3.8, 4) is 0 Å². The standard InChI is InChI=1S/C5H8N.Al.2H/c1-4-2-6-3-5(1)4;;;/h4,6H,1-3H2;;;. The van der Waals surface area contributed by atoms with Crippen LogP contribution in [-0.2, 0) is 0 Å². The maximum absolute atomic E-state index is 3.40. The highest BCUT2D eigenvalue weighted by Gasteiger charge is 2.52. The molecule has 0 bridgehead atoms. The van der Waals surface area contributed by atoms with Gasteiger partial charge in [-0.1, -0.05) is 10.7 Å². The van der Waals surface area contributed by atoms with Crippen molar-refractivity contribution < 1.29 is 0 Å². The fourth-order valence-electron chi connectivity index (χ4n) is 1.57. The molecular weight excluding hydrogens is 101 g/mol. The summed E-state index contributed by atoms with van der Waals surface area (Å²) in [5.74, 6) is 1.11. The molecule has 2 aliphatic rings. The van der Waals surface area contributed by atoms with Crippen molar-refractivity contribution in [3.63, 3.8) is 0 Å². The third kappa shape index (κ3) is 0.482. The first-order chi connectivity index (χ1) is 3.31. The van der Waals surface area contributed by atoms with Gasteiger partial charge in [-0.15, -0.1) is 0 Å². The van der Waals surface area contributed by atoms with Gasteiger partial charge < -0.3 is 5.32 Å². The third-order valence-electron chi connectivity index (χ3n) is 2.46. The second-order valence-electron chi connectivity index (χ2n) is 3.19. The summed E-state index contributed by atoms with van der Waals surface area (Å²) in [6, 6.07) is 0. The molecule has 0 aromatic heterocycles. The molecule has 1 heterocycles. The van der Waals surface area contributed by atoms with Crippen LogP contribution in [-0.4, -0.2) is 29.4 Å². The topological polar surface area (TPSA) is 12.0 Å². The van der Waals surface area contributed by atoms with Crippen molar-refractivity contribution in [1.29, 1.82) is 0 Å². The van der Waals surface area contributed by atoms with Crippen molar-refractivity contribution in [2.24, 2.45) is 5.92 Å². The maximum Gasteiger partial charge on any atom is 0.223 e. The van der Waals surface area contributed by atoms with E-state index in [0.29, 0.717) is 0 Å². The third-order valence-corrected chi connectivity index (χ3v) is 4.04. The summed E-state index contributed by atoms with van der Waals surface area (Å²) in [6.45, 7) is 2.66. The molecule has 0 aromatic rings. The lowest BCUT2D eigenvalue weighted by Gasteiger charge is -1.97. The Morgan fingerprint density at radius 3 is 2.71 bits per heavy atom. The van der Waals surface area contributed by atoms with E-state index in [2.05, 4.69) is 5.32 Å². The molecule has 2 heteroatoms. The zero-order chi connectivity index (χ0) is 4.91. The van der Waals surface area contributed by atoms with Crippen LogP contribution in [0.15, 0.2) is 0 Å². The molecular formula is C5H10AlN. The first-order valence-corrected chi connectivity index (χ1v) is 4.02. The molecule has 2 atom stereocenters. The van der Waals surface area contributed by atoms with E-state index in [1.807, 2.05) is 0 Å². The normalized spacial score (nSPS) is 56.9. The predicted octanol–water partition coefficient (Wildman–Crippen LogP) is -0.599. The van der Waals surface area contributed by atoms with Crippen molar-refractivity contribution in [3.05, 3.63) is 0 Å². The Morgan fingerprint density at radius 2 is 2.57 bits per heavy atom. The summed E-state index contributed by atoms with van der Waals surface area (Å²) in [7, 11) is 0. The number of rotatable bonds is 0. The van der Waals surface area contributed by atoms with E-state index in [0.717, 1.165) is 10.2 Å². The Bertz CT molecular complexity index is 102. The lowest BCUT2D eigenvalue weighted by atomic mass is 10.4. The van der Waals surface area contributed by atoms with E-state index >= 15 is 0 Å². The van der Waals surface area contributed by atoms with Crippen LogP contribution < -0.4 is 5.32 Å². The van der Waals surface area contributed by atoms with Crippen molar-refractivity contribution >= 4 is 16.3 Å². The average molecular weight is 111 g/mol. The minimum Gasteiger partial charge on any atom is -0.317 e. The van der Waals surface area contributed by atoms with E-state index in [-0.39, 0.29) is 0 Å². The van der Waals surface area contributed by atoms with Crippen LogP contribution in [0.5, 0.6) is 0 Å². The van der Waals surface area contributed by atoms with Gasteiger partial charge in [0.25, 0.3) is 0 Å². The Balaban J connectivity index is 2.17. The van der Waals surface area contributed by atoms with Crippen LogP contribution in [0.1, 0.15) is 6.42 Å². The van der Waals surface area contributed by atoms with Crippen LogP contribution >= 0.6 is 0 Å². The van der Waals surface area contributed by atoms with Crippen molar-refractivity contribution in [2.75, 3.05) is 13.1 Å². The van der Waals surface area contributed by atoms with Crippen LogP contribution in [0.4, 0.5) is 0 Å².